The van der Waals surface area contributed by atoms with E-state index in [4.69, 9.17) is 0 Å². The van der Waals surface area contributed by atoms with Crippen LogP contribution in [-0.4, -0.2) is 55.5 Å². The molecule has 6 heteroatoms. The number of sulfonamides is 1. The zero-order chi connectivity index (χ0) is 17.2. The summed E-state index contributed by atoms with van der Waals surface area (Å²) in [6.45, 7) is 1.95. The van der Waals surface area contributed by atoms with Gasteiger partial charge in [0.15, 0.2) is 0 Å². The fourth-order valence-corrected chi connectivity index (χ4v) is 5.02. The molecule has 0 aromatic heterocycles. The number of carbonyl (C=O) groups is 1. The maximum atomic E-state index is 12.7. The maximum Gasteiger partial charge on any atom is 0.241 e. The van der Waals surface area contributed by atoms with E-state index in [9.17, 15) is 13.2 Å². The van der Waals surface area contributed by atoms with E-state index >= 15 is 0 Å². The van der Waals surface area contributed by atoms with E-state index in [1.165, 1.54) is 16.1 Å². The smallest absolute Gasteiger partial charge is 0.241 e. The third-order valence-electron chi connectivity index (χ3n) is 5.21. The van der Waals surface area contributed by atoms with Gasteiger partial charge in [-0.25, -0.2) is 8.42 Å². The van der Waals surface area contributed by atoms with Crippen molar-refractivity contribution in [2.75, 3.05) is 25.9 Å². The number of rotatable bonds is 4. The van der Waals surface area contributed by atoms with E-state index in [0.29, 0.717) is 18.9 Å². The number of hydrogen-bond acceptors (Lipinski definition) is 3. The lowest BCUT2D eigenvalue weighted by Crippen LogP contribution is -2.49. The van der Waals surface area contributed by atoms with Gasteiger partial charge >= 0.3 is 0 Å². The Labute approximate surface area is 144 Å². The van der Waals surface area contributed by atoms with Crippen LogP contribution in [0.4, 0.5) is 0 Å². The van der Waals surface area contributed by atoms with Gasteiger partial charge in [0.2, 0.25) is 15.9 Å². The van der Waals surface area contributed by atoms with E-state index in [2.05, 4.69) is 24.3 Å². The Morgan fingerprint density at radius 1 is 1.08 bits per heavy atom. The third-order valence-corrected chi connectivity index (χ3v) is 6.50. The first-order valence-corrected chi connectivity index (χ1v) is 10.6. The predicted octanol–water partition coefficient (Wildman–Crippen LogP) is 1.89. The SMILES string of the molecule is CS(=O)(=O)N1CCC[C@@H]1C(=O)N1CCC(Cc2ccccc2)CC1. The van der Waals surface area contributed by atoms with Crippen molar-refractivity contribution in [1.82, 2.24) is 9.21 Å². The first kappa shape index (κ1) is 17.4. The molecular formula is C18H26N2O3S. The van der Waals surface area contributed by atoms with Crippen molar-refractivity contribution in [3.05, 3.63) is 35.9 Å². The number of likely N-dealkylation sites (tertiary alicyclic amines) is 1. The first-order valence-electron chi connectivity index (χ1n) is 8.74. The quantitative estimate of drug-likeness (QED) is 0.833. The molecule has 2 heterocycles. The molecule has 1 atom stereocenters. The number of carbonyl (C=O) groups excluding carboxylic acids is 1. The topological polar surface area (TPSA) is 57.7 Å². The van der Waals surface area contributed by atoms with Gasteiger partial charge in [-0.2, -0.15) is 4.31 Å². The van der Waals surface area contributed by atoms with Crippen LogP contribution in [0.2, 0.25) is 0 Å². The van der Waals surface area contributed by atoms with Crippen LogP contribution in [0.1, 0.15) is 31.2 Å². The number of nitrogens with zero attached hydrogens (tertiary/aromatic N) is 2. The Morgan fingerprint density at radius 3 is 2.38 bits per heavy atom. The molecule has 132 valence electrons. The zero-order valence-electron chi connectivity index (χ0n) is 14.2. The highest BCUT2D eigenvalue weighted by Gasteiger charge is 2.39. The molecule has 2 fully saturated rings. The van der Waals surface area contributed by atoms with Crippen molar-refractivity contribution in [3.8, 4) is 0 Å². The van der Waals surface area contributed by atoms with E-state index in [1.54, 1.807) is 0 Å². The zero-order valence-corrected chi connectivity index (χ0v) is 15.0. The molecule has 1 aromatic carbocycles. The largest absolute Gasteiger partial charge is 0.341 e. The highest BCUT2D eigenvalue weighted by atomic mass is 32.2. The van der Waals surface area contributed by atoms with Crippen LogP contribution in [0.15, 0.2) is 30.3 Å². The predicted molar refractivity (Wildman–Crippen MR) is 94.0 cm³/mol. The molecule has 0 radical (unpaired) electrons. The molecule has 1 aromatic rings. The Kier molecular flexibility index (Phi) is 5.25. The standard InChI is InChI=1S/C18H26N2O3S/c1-24(22,23)20-11-5-8-17(20)18(21)19-12-9-16(10-13-19)14-15-6-3-2-4-7-15/h2-4,6-7,16-17H,5,8-14H2,1H3/t17-/m1/s1. The molecule has 0 spiro atoms. The van der Waals surface area contributed by atoms with Crippen LogP contribution in [0.3, 0.4) is 0 Å². The second kappa shape index (κ2) is 7.23. The fourth-order valence-electron chi connectivity index (χ4n) is 3.90. The summed E-state index contributed by atoms with van der Waals surface area (Å²) in [6, 6.07) is 9.98. The molecule has 1 amide bonds. The molecule has 0 N–H and O–H groups in total. The molecule has 3 rings (SSSR count). The number of amides is 1. The highest BCUT2D eigenvalue weighted by molar-refractivity contribution is 7.88. The molecule has 2 aliphatic rings. The lowest BCUT2D eigenvalue weighted by atomic mass is 9.90. The molecule has 0 bridgehead atoms. The van der Waals surface area contributed by atoms with Crippen LogP contribution in [0.5, 0.6) is 0 Å². The first-order chi connectivity index (χ1) is 11.4. The molecule has 5 nitrogen and oxygen atoms in total. The molecule has 0 aliphatic carbocycles. The van der Waals surface area contributed by atoms with Gasteiger partial charge < -0.3 is 4.90 Å². The highest BCUT2D eigenvalue weighted by Crippen LogP contribution is 2.26. The van der Waals surface area contributed by atoms with Crippen LogP contribution in [0, 0.1) is 5.92 Å². The fraction of sp³-hybridized carbons (Fsp3) is 0.611. The Balaban J connectivity index is 1.55. The normalized spacial score (nSPS) is 23.5. The van der Waals surface area contributed by atoms with Crippen molar-refractivity contribution >= 4 is 15.9 Å². The van der Waals surface area contributed by atoms with E-state index in [0.717, 1.165) is 38.8 Å². The third kappa shape index (κ3) is 3.98. The van der Waals surface area contributed by atoms with Crippen molar-refractivity contribution in [2.45, 2.75) is 38.1 Å². The summed E-state index contributed by atoms with van der Waals surface area (Å²) in [5, 5.41) is 0. The minimum absolute atomic E-state index is 0.00362. The van der Waals surface area contributed by atoms with Gasteiger partial charge in [0.05, 0.1) is 6.26 Å². The monoisotopic (exact) mass is 350 g/mol. The van der Waals surface area contributed by atoms with Crippen molar-refractivity contribution in [1.29, 1.82) is 0 Å². The summed E-state index contributed by atoms with van der Waals surface area (Å²) >= 11 is 0. The second-order valence-electron chi connectivity index (χ2n) is 6.99. The number of benzene rings is 1. The van der Waals surface area contributed by atoms with E-state index in [1.807, 2.05) is 11.0 Å². The Hall–Kier alpha value is -1.40. The van der Waals surface area contributed by atoms with Crippen molar-refractivity contribution < 1.29 is 13.2 Å². The molecule has 2 saturated heterocycles. The minimum atomic E-state index is -3.30. The average Bonchev–Trinajstić information content (AvgIpc) is 3.06. The summed E-state index contributed by atoms with van der Waals surface area (Å²) in [5.41, 5.74) is 1.35. The molecule has 0 unspecified atom stereocenters. The van der Waals surface area contributed by atoms with Crippen molar-refractivity contribution in [3.63, 3.8) is 0 Å². The summed E-state index contributed by atoms with van der Waals surface area (Å²) in [6.07, 6.45) is 5.66. The minimum Gasteiger partial charge on any atom is -0.341 e. The summed E-state index contributed by atoms with van der Waals surface area (Å²) < 4.78 is 25.1. The molecular weight excluding hydrogens is 324 g/mol. The number of hydrogen-bond donors (Lipinski definition) is 0. The van der Waals surface area contributed by atoms with Crippen LogP contribution >= 0.6 is 0 Å². The van der Waals surface area contributed by atoms with Gasteiger partial charge in [0.25, 0.3) is 0 Å². The maximum absolute atomic E-state index is 12.7. The van der Waals surface area contributed by atoms with E-state index < -0.39 is 16.1 Å². The Bertz CT molecular complexity index is 667. The lowest BCUT2D eigenvalue weighted by Gasteiger charge is -2.35. The van der Waals surface area contributed by atoms with Gasteiger partial charge in [-0.3, -0.25) is 4.79 Å². The summed E-state index contributed by atoms with van der Waals surface area (Å²) in [7, 11) is -3.30. The number of piperidine rings is 1. The van der Waals surface area contributed by atoms with Crippen LogP contribution in [-0.2, 0) is 21.2 Å². The van der Waals surface area contributed by atoms with Crippen LogP contribution < -0.4 is 0 Å². The van der Waals surface area contributed by atoms with Gasteiger partial charge in [0.1, 0.15) is 6.04 Å². The molecule has 2 aliphatic heterocycles. The lowest BCUT2D eigenvalue weighted by molar-refractivity contribution is -0.136. The Morgan fingerprint density at radius 2 is 1.75 bits per heavy atom. The van der Waals surface area contributed by atoms with Gasteiger partial charge in [-0.1, -0.05) is 30.3 Å². The van der Waals surface area contributed by atoms with Crippen LogP contribution in [0.25, 0.3) is 0 Å². The average molecular weight is 350 g/mol. The van der Waals surface area contributed by atoms with E-state index in [-0.39, 0.29) is 5.91 Å². The van der Waals surface area contributed by atoms with Gasteiger partial charge in [-0.05, 0) is 43.6 Å². The van der Waals surface area contributed by atoms with Crippen molar-refractivity contribution in [2.24, 2.45) is 5.92 Å². The molecule has 0 saturated carbocycles. The summed E-state index contributed by atoms with van der Waals surface area (Å²) in [5.74, 6) is 0.599. The second-order valence-corrected chi connectivity index (χ2v) is 8.93. The van der Waals surface area contributed by atoms with Gasteiger partial charge in [-0.15, -0.1) is 0 Å². The summed E-state index contributed by atoms with van der Waals surface area (Å²) in [4.78, 5) is 14.6. The molecule has 24 heavy (non-hydrogen) atoms. The van der Waals surface area contributed by atoms with Gasteiger partial charge in [0, 0.05) is 19.6 Å².